The molecular formula is C6H15AgO+2. The molecule has 0 aliphatic carbocycles. The largest absolute Gasteiger partial charge is 1.00 e. The Morgan fingerprint density at radius 2 is 1.12 bits per heavy atom. The molecule has 0 spiro atoms. The van der Waals surface area contributed by atoms with Crippen molar-refractivity contribution >= 4 is 0 Å². The van der Waals surface area contributed by atoms with E-state index >= 15 is 0 Å². The van der Waals surface area contributed by atoms with E-state index in [1.165, 1.54) is 0 Å². The average molecular weight is 211 g/mol. The Kier molecular flexibility index (Phi) is 11.1. The first-order valence-electron chi connectivity index (χ1n) is 2.99. The van der Waals surface area contributed by atoms with Crippen LogP contribution < -0.4 is 0 Å². The minimum Gasteiger partial charge on any atom is -0.422 e. The summed E-state index contributed by atoms with van der Waals surface area (Å²) in [5.74, 6) is 0. The number of rotatable bonds is 3. The van der Waals surface area contributed by atoms with Crippen LogP contribution in [0.4, 0.5) is 0 Å². The minimum absolute atomic E-state index is 0. The standard InChI is InChI=1S/C6H15O.Ag/c1-4-7(5-2)6-3;/h4-6H2,1-3H3;/q2*+1. The Bertz CT molecular complexity index is 30.0. The molecule has 54 valence electrons. The zero-order valence-electron chi connectivity index (χ0n) is 5.83. The van der Waals surface area contributed by atoms with E-state index in [1.807, 2.05) is 0 Å². The van der Waals surface area contributed by atoms with Gasteiger partial charge in [0.15, 0.2) is 0 Å². The van der Waals surface area contributed by atoms with Crippen LogP contribution in [0.2, 0.25) is 0 Å². The molecule has 0 aromatic carbocycles. The van der Waals surface area contributed by atoms with Crippen LogP contribution in [0.25, 0.3) is 0 Å². The van der Waals surface area contributed by atoms with Gasteiger partial charge < -0.3 is 4.37 Å². The SMILES string of the molecule is CC[O+](CC)CC.[Ag+]. The molecule has 2 heteroatoms. The second-order valence-electron chi connectivity index (χ2n) is 1.48. The molecule has 0 N–H and O–H groups in total. The molecule has 0 bridgehead atoms. The van der Waals surface area contributed by atoms with E-state index in [9.17, 15) is 0 Å². The summed E-state index contributed by atoms with van der Waals surface area (Å²) in [7, 11) is 0. The van der Waals surface area contributed by atoms with Crippen LogP contribution in [0.15, 0.2) is 0 Å². The van der Waals surface area contributed by atoms with E-state index < -0.39 is 0 Å². The van der Waals surface area contributed by atoms with Crippen molar-refractivity contribution in [3.05, 3.63) is 0 Å². The first kappa shape index (κ1) is 11.5. The molecule has 1 nitrogen and oxygen atoms in total. The fourth-order valence-electron chi connectivity index (χ4n) is 0.612. The van der Waals surface area contributed by atoms with Crippen molar-refractivity contribution in [2.45, 2.75) is 20.8 Å². The molecule has 8 heavy (non-hydrogen) atoms. The van der Waals surface area contributed by atoms with Crippen molar-refractivity contribution in [1.82, 2.24) is 0 Å². The quantitative estimate of drug-likeness (QED) is 0.492. The molecule has 0 aromatic rings. The van der Waals surface area contributed by atoms with Crippen molar-refractivity contribution in [2.75, 3.05) is 19.8 Å². The number of hydrogen-bond donors (Lipinski definition) is 0. The molecule has 0 radical (unpaired) electrons. The summed E-state index contributed by atoms with van der Waals surface area (Å²) >= 11 is 0. The predicted molar refractivity (Wildman–Crippen MR) is 32.7 cm³/mol. The van der Waals surface area contributed by atoms with Crippen molar-refractivity contribution in [2.24, 2.45) is 0 Å². The topological polar surface area (TPSA) is 2.70 Å². The summed E-state index contributed by atoms with van der Waals surface area (Å²) in [5.41, 5.74) is 0. The van der Waals surface area contributed by atoms with Crippen LogP contribution in [0.3, 0.4) is 0 Å². The summed E-state index contributed by atoms with van der Waals surface area (Å²) in [6.45, 7) is 9.76. The van der Waals surface area contributed by atoms with Gasteiger partial charge in [-0.15, -0.1) is 0 Å². The molecule has 0 saturated heterocycles. The fourth-order valence-corrected chi connectivity index (χ4v) is 0.612. The van der Waals surface area contributed by atoms with Gasteiger partial charge in [-0.2, -0.15) is 0 Å². The molecule has 0 aliphatic heterocycles. The smallest absolute Gasteiger partial charge is 0.422 e. The molecule has 0 aliphatic rings. The normalized spacial score (nSPS) is 9.00. The van der Waals surface area contributed by atoms with Crippen molar-refractivity contribution in [3.8, 4) is 0 Å². The Labute approximate surface area is 67.6 Å². The second kappa shape index (κ2) is 7.70. The molecule has 0 atom stereocenters. The molecule has 0 unspecified atom stereocenters. The van der Waals surface area contributed by atoms with Crippen LogP contribution in [-0.2, 0) is 26.7 Å². The molecule has 0 rings (SSSR count). The van der Waals surface area contributed by atoms with Gasteiger partial charge in [-0.3, -0.25) is 0 Å². The van der Waals surface area contributed by atoms with Crippen LogP contribution in [0.5, 0.6) is 0 Å². The van der Waals surface area contributed by atoms with E-state index in [-0.39, 0.29) is 22.4 Å². The van der Waals surface area contributed by atoms with Gasteiger partial charge in [0.2, 0.25) is 0 Å². The van der Waals surface area contributed by atoms with Gasteiger partial charge in [-0.1, -0.05) is 0 Å². The summed E-state index contributed by atoms with van der Waals surface area (Å²) in [4.78, 5) is 0. The summed E-state index contributed by atoms with van der Waals surface area (Å²) in [5, 5.41) is 0. The maximum atomic E-state index is 3.07. The zero-order chi connectivity index (χ0) is 5.70. The zero-order valence-corrected chi connectivity index (χ0v) is 7.31. The van der Waals surface area contributed by atoms with Gasteiger partial charge in [0, 0.05) is 20.8 Å². The predicted octanol–water partition coefficient (Wildman–Crippen LogP) is 1.60. The number of hydrogen-bond acceptors (Lipinski definition) is 0. The third-order valence-corrected chi connectivity index (χ3v) is 1.22. The van der Waals surface area contributed by atoms with Crippen LogP contribution in [-0.4, -0.2) is 19.8 Å². The first-order chi connectivity index (χ1) is 3.35. The van der Waals surface area contributed by atoms with Crippen molar-refractivity contribution < 1.29 is 26.7 Å². The monoisotopic (exact) mass is 210 g/mol. The first-order valence-corrected chi connectivity index (χ1v) is 2.99. The van der Waals surface area contributed by atoms with Crippen molar-refractivity contribution in [3.63, 3.8) is 0 Å². The third-order valence-electron chi connectivity index (χ3n) is 1.22. The third kappa shape index (κ3) is 4.85. The van der Waals surface area contributed by atoms with Crippen LogP contribution in [0, 0.1) is 0 Å². The van der Waals surface area contributed by atoms with Gasteiger partial charge in [-0.25, -0.2) is 0 Å². The Morgan fingerprint density at radius 1 is 0.875 bits per heavy atom. The molecule has 0 fully saturated rings. The molecule has 0 aromatic heterocycles. The van der Waals surface area contributed by atoms with E-state index in [2.05, 4.69) is 25.1 Å². The Hall–Kier alpha value is 0.700. The van der Waals surface area contributed by atoms with Gasteiger partial charge in [0.1, 0.15) is 19.8 Å². The van der Waals surface area contributed by atoms with E-state index in [0.29, 0.717) is 0 Å². The summed E-state index contributed by atoms with van der Waals surface area (Å²) in [6.07, 6.45) is 0. The van der Waals surface area contributed by atoms with E-state index in [0.717, 1.165) is 19.8 Å². The molecule has 0 heterocycles. The molecular weight excluding hydrogens is 196 g/mol. The van der Waals surface area contributed by atoms with Crippen LogP contribution in [0.1, 0.15) is 20.8 Å². The summed E-state index contributed by atoms with van der Waals surface area (Å²) in [6, 6.07) is 0. The fraction of sp³-hybridized carbons (Fsp3) is 1.00. The second-order valence-corrected chi connectivity index (χ2v) is 1.48. The Morgan fingerprint density at radius 3 is 1.12 bits per heavy atom. The van der Waals surface area contributed by atoms with Gasteiger partial charge in [0.25, 0.3) is 0 Å². The molecule has 0 amide bonds. The average Bonchev–Trinajstić information content (AvgIpc) is 1.72. The Balaban J connectivity index is 0. The molecule has 0 saturated carbocycles. The maximum Gasteiger partial charge on any atom is 1.00 e. The summed E-state index contributed by atoms with van der Waals surface area (Å²) < 4.78 is 3.07. The van der Waals surface area contributed by atoms with Gasteiger partial charge in [-0.05, 0) is 0 Å². The van der Waals surface area contributed by atoms with Gasteiger partial charge in [0.05, 0.1) is 0 Å². The van der Waals surface area contributed by atoms with Crippen LogP contribution >= 0.6 is 0 Å². The van der Waals surface area contributed by atoms with E-state index in [4.69, 9.17) is 0 Å². The maximum absolute atomic E-state index is 3.07. The van der Waals surface area contributed by atoms with Gasteiger partial charge >= 0.3 is 22.4 Å². The van der Waals surface area contributed by atoms with E-state index in [1.54, 1.807) is 0 Å². The van der Waals surface area contributed by atoms with Crippen molar-refractivity contribution in [1.29, 1.82) is 0 Å². The minimum atomic E-state index is 0.